The van der Waals surface area contributed by atoms with Crippen LogP contribution in [0, 0.1) is 5.82 Å². The van der Waals surface area contributed by atoms with Crippen molar-refractivity contribution in [2.24, 2.45) is 0 Å². The molecule has 1 aliphatic heterocycles. The Bertz CT molecular complexity index is 859. The van der Waals surface area contributed by atoms with E-state index in [0.29, 0.717) is 0 Å². The second-order valence-electron chi connectivity index (χ2n) is 6.13. The summed E-state index contributed by atoms with van der Waals surface area (Å²) >= 11 is 0. The number of hydrogen-bond acceptors (Lipinski definition) is 4. The van der Waals surface area contributed by atoms with E-state index in [9.17, 15) is 12.8 Å². The summed E-state index contributed by atoms with van der Waals surface area (Å²) in [6.07, 6.45) is 5.18. The van der Waals surface area contributed by atoms with Crippen molar-refractivity contribution in [3.05, 3.63) is 59.2 Å². The topological polar surface area (TPSA) is 67.2 Å². The second-order valence-corrected chi connectivity index (χ2v) is 7.97. The maximum atomic E-state index is 12.9. The van der Waals surface area contributed by atoms with Crippen LogP contribution in [0.2, 0.25) is 0 Å². The Kier molecular flexibility index (Phi) is 5.31. The lowest BCUT2D eigenvalue weighted by atomic mass is 10.2. The van der Waals surface area contributed by atoms with Crippen molar-refractivity contribution >= 4 is 16.1 Å². The number of nitrogens with zero attached hydrogens (tertiary/aromatic N) is 3. The molecule has 0 amide bonds. The van der Waals surface area contributed by atoms with E-state index in [-0.39, 0.29) is 12.4 Å². The van der Waals surface area contributed by atoms with Crippen LogP contribution in [-0.2, 0) is 29.7 Å². The molecule has 0 fully saturated rings. The molecule has 0 saturated heterocycles. The molecule has 1 aromatic heterocycles. The first kappa shape index (κ1) is 17.8. The van der Waals surface area contributed by atoms with E-state index in [1.165, 1.54) is 12.1 Å². The van der Waals surface area contributed by atoms with Gasteiger partial charge in [-0.15, -0.1) is 0 Å². The first-order valence-corrected chi connectivity index (χ1v) is 9.93. The van der Waals surface area contributed by atoms with Crippen LogP contribution in [0.1, 0.15) is 17.0 Å². The molecule has 0 aliphatic carbocycles. The van der Waals surface area contributed by atoms with Crippen LogP contribution >= 0.6 is 0 Å². The van der Waals surface area contributed by atoms with Crippen molar-refractivity contribution in [1.29, 1.82) is 0 Å². The Morgan fingerprint density at radius 2 is 2.04 bits per heavy atom. The molecule has 0 atom stereocenters. The minimum Gasteiger partial charge on any atom is -0.292 e. The molecule has 0 unspecified atom stereocenters. The summed E-state index contributed by atoms with van der Waals surface area (Å²) in [5.41, 5.74) is 2.77. The predicted molar refractivity (Wildman–Crippen MR) is 94.6 cm³/mol. The molecule has 2 aromatic rings. The molecule has 134 valence electrons. The van der Waals surface area contributed by atoms with E-state index in [1.54, 1.807) is 12.1 Å². The minimum atomic E-state index is -3.22. The third-order valence-electron chi connectivity index (χ3n) is 3.99. The van der Waals surface area contributed by atoms with Gasteiger partial charge in [-0.2, -0.15) is 5.10 Å². The number of rotatable bonds is 6. The Balaban J connectivity index is 1.55. The molecule has 1 aliphatic rings. The Morgan fingerprint density at radius 3 is 2.76 bits per heavy atom. The highest BCUT2D eigenvalue weighted by molar-refractivity contribution is 7.88. The fraction of sp³-hybridized carbons (Fsp3) is 0.353. The number of sulfonamides is 1. The van der Waals surface area contributed by atoms with Gasteiger partial charge in [0, 0.05) is 19.6 Å². The minimum absolute atomic E-state index is 0.212. The van der Waals surface area contributed by atoms with E-state index in [2.05, 4.69) is 20.8 Å². The highest BCUT2D eigenvalue weighted by atomic mass is 32.2. The molecule has 8 heteroatoms. The first-order chi connectivity index (χ1) is 11.9. The van der Waals surface area contributed by atoms with Gasteiger partial charge in [-0.05, 0) is 23.8 Å². The van der Waals surface area contributed by atoms with Crippen LogP contribution in [0.5, 0.6) is 0 Å². The number of hydrogen-bond donors (Lipinski definition) is 1. The van der Waals surface area contributed by atoms with Crippen molar-refractivity contribution in [2.45, 2.75) is 19.6 Å². The monoisotopic (exact) mass is 364 g/mol. The van der Waals surface area contributed by atoms with Crippen LogP contribution in [-0.4, -0.2) is 42.4 Å². The number of halogens is 1. The van der Waals surface area contributed by atoms with Crippen LogP contribution < -0.4 is 4.72 Å². The average Bonchev–Trinajstić information content (AvgIpc) is 2.96. The first-order valence-electron chi connectivity index (χ1n) is 8.04. The van der Waals surface area contributed by atoms with Crippen LogP contribution in [0.25, 0.3) is 6.08 Å². The molecule has 6 nitrogen and oxygen atoms in total. The quantitative estimate of drug-likeness (QED) is 0.846. The average molecular weight is 364 g/mol. The van der Waals surface area contributed by atoms with E-state index >= 15 is 0 Å². The summed E-state index contributed by atoms with van der Waals surface area (Å²) in [6.45, 7) is 3.42. The molecular weight excluding hydrogens is 343 g/mol. The van der Waals surface area contributed by atoms with Gasteiger partial charge in [0.05, 0.1) is 30.7 Å². The maximum absolute atomic E-state index is 12.9. The number of aromatic nitrogens is 2. The largest absolute Gasteiger partial charge is 0.292 e. The summed E-state index contributed by atoms with van der Waals surface area (Å²) in [7, 11) is -3.22. The lowest BCUT2D eigenvalue weighted by molar-refractivity contribution is 0.235. The second kappa shape index (κ2) is 7.47. The van der Waals surface area contributed by atoms with Crippen LogP contribution in [0.3, 0.4) is 0 Å². The van der Waals surface area contributed by atoms with Gasteiger partial charge in [-0.3, -0.25) is 9.58 Å². The van der Waals surface area contributed by atoms with Gasteiger partial charge < -0.3 is 0 Å². The molecule has 25 heavy (non-hydrogen) atoms. The van der Waals surface area contributed by atoms with Crippen molar-refractivity contribution in [3.8, 4) is 0 Å². The van der Waals surface area contributed by atoms with Gasteiger partial charge in [0.25, 0.3) is 0 Å². The highest BCUT2D eigenvalue weighted by Crippen LogP contribution is 2.14. The van der Waals surface area contributed by atoms with Gasteiger partial charge in [0.15, 0.2) is 0 Å². The molecule has 0 saturated carbocycles. The zero-order valence-electron chi connectivity index (χ0n) is 14.0. The van der Waals surface area contributed by atoms with Gasteiger partial charge in [0.2, 0.25) is 10.0 Å². The maximum Gasteiger partial charge on any atom is 0.209 e. The van der Waals surface area contributed by atoms with Gasteiger partial charge in [-0.1, -0.05) is 24.3 Å². The molecule has 3 rings (SSSR count). The molecule has 1 aromatic carbocycles. The summed E-state index contributed by atoms with van der Waals surface area (Å²) in [5, 5.41) is 4.43. The highest BCUT2D eigenvalue weighted by Gasteiger charge is 2.17. The van der Waals surface area contributed by atoms with E-state index in [4.69, 9.17) is 0 Å². The molecule has 0 radical (unpaired) electrons. The van der Waals surface area contributed by atoms with Gasteiger partial charge >= 0.3 is 0 Å². The molecule has 2 heterocycles. The third kappa shape index (κ3) is 5.22. The SMILES string of the molecule is CS(=O)(=O)NCc1cc2n(n1)CCN(C/C=C/c1ccc(F)cc1)C2. The lowest BCUT2D eigenvalue weighted by Crippen LogP contribution is -2.33. The Labute approximate surface area is 147 Å². The predicted octanol–water partition coefficient (Wildman–Crippen LogP) is 1.60. The zero-order chi connectivity index (χ0) is 17.9. The number of nitrogens with one attached hydrogen (secondary N) is 1. The van der Waals surface area contributed by atoms with E-state index in [1.807, 2.05) is 16.8 Å². The summed E-state index contributed by atoms with van der Waals surface area (Å²) < 4.78 is 39.6. The molecule has 1 N–H and O–H groups in total. The zero-order valence-corrected chi connectivity index (χ0v) is 14.8. The van der Waals surface area contributed by atoms with E-state index in [0.717, 1.165) is 49.4 Å². The summed E-state index contributed by atoms with van der Waals surface area (Å²) in [5.74, 6) is -0.234. The van der Waals surface area contributed by atoms with E-state index < -0.39 is 10.0 Å². The standard InChI is InChI=1S/C17H21FN4O2S/c1-25(23,24)19-12-16-11-17-13-21(9-10-22(17)20-16)8-2-3-14-4-6-15(18)7-5-14/h2-7,11,19H,8-10,12-13H2,1H3/b3-2+. The van der Waals surface area contributed by atoms with Gasteiger partial charge in [0.1, 0.15) is 5.82 Å². The molecule has 0 spiro atoms. The van der Waals surface area contributed by atoms with Crippen molar-refractivity contribution in [2.75, 3.05) is 19.3 Å². The van der Waals surface area contributed by atoms with Crippen molar-refractivity contribution < 1.29 is 12.8 Å². The molecular formula is C17H21FN4O2S. The normalized spacial score (nSPS) is 15.6. The summed E-state index contributed by atoms with van der Waals surface area (Å²) in [4.78, 5) is 2.28. The summed E-state index contributed by atoms with van der Waals surface area (Å²) in [6, 6.07) is 8.33. The fourth-order valence-corrected chi connectivity index (χ4v) is 3.15. The number of fused-ring (bicyclic) bond motifs is 1. The Morgan fingerprint density at radius 1 is 1.28 bits per heavy atom. The smallest absolute Gasteiger partial charge is 0.209 e. The van der Waals surface area contributed by atoms with Crippen molar-refractivity contribution in [3.63, 3.8) is 0 Å². The van der Waals surface area contributed by atoms with Gasteiger partial charge in [-0.25, -0.2) is 17.5 Å². The lowest BCUT2D eigenvalue weighted by Gasteiger charge is -2.26. The van der Waals surface area contributed by atoms with Crippen LogP contribution in [0.4, 0.5) is 4.39 Å². The third-order valence-corrected chi connectivity index (χ3v) is 4.66. The molecule has 0 bridgehead atoms. The Hall–Kier alpha value is -2.03. The van der Waals surface area contributed by atoms with Crippen LogP contribution in [0.15, 0.2) is 36.4 Å². The van der Waals surface area contributed by atoms with Crippen molar-refractivity contribution in [1.82, 2.24) is 19.4 Å². The fourth-order valence-electron chi connectivity index (χ4n) is 2.74. The number of benzene rings is 1.